The molecular formula is C18H23N5O2. The molecule has 0 aromatic carbocycles. The van der Waals surface area contributed by atoms with E-state index in [1.165, 1.54) is 0 Å². The fraction of sp³-hybridized carbons (Fsp3) is 0.444. The van der Waals surface area contributed by atoms with Crippen LogP contribution in [0.25, 0.3) is 0 Å². The van der Waals surface area contributed by atoms with Gasteiger partial charge in [-0.05, 0) is 31.0 Å². The second kappa shape index (κ2) is 8.02. The van der Waals surface area contributed by atoms with Crippen LogP contribution < -0.4 is 4.90 Å². The summed E-state index contributed by atoms with van der Waals surface area (Å²) in [5, 5.41) is 0. The van der Waals surface area contributed by atoms with Crippen molar-refractivity contribution in [2.24, 2.45) is 0 Å². The fourth-order valence-corrected chi connectivity index (χ4v) is 2.76. The van der Waals surface area contributed by atoms with Crippen LogP contribution in [0, 0.1) is 6.92 Å². The maximum absolute atomic E-state index is 12.7. The van der Waals surface area contributed by atoms with Crippen molar-refractivity contribution >= 4 is 11.7 Å². The summed E-state index contributed by atoms with van der Waals surface area (Å²) >= 11 is 0. The van der Waals surface area contributed by atoms with E-state index in [0.717, 1.165) is 30.9 Å². The van der Waals surface area contributed by atoms with Crippen LogP contribution in [0.2, 0.25) is 0 Å². The molecule has 1 aliphatic rings. The van der Waals surface area contributed by atoms with Gasteiger partial charge in [-0.2, -0.15) is 0 Å². The van der Waals surface area contributed by atoms with E-state index in [2.05, 4.69) is 19.9 Å². The molecular weight excluding hydrogens is 318 g/mol. The van der Waals surface area contributed by atoms with Gasteiger partial charge in [0.2, 0.25) is 0 Å². The summed E-state index contributed by atoms with van der Waals surface area (Å²) in [4.78, 5) is 29.4. The van der Waals surface area contributed by atoms with E-state index in [0.29, 0.717) is 31.3 Å². The number of anilines is 1. The summed E-state index contributed by atoms with van der Waals surface area (Å²) in [6.45, 7) is 5.36. The molecule has 0 N–H and O–H groups in total. The lowest BCUT2D eigenvalue weighted by molar-refractivity contribution is 0.0790. The summed E-state index contributed by atoms with van der Waals surface area (Å²) < 4.78 is 5.38. The molecule has 7 nitrogen and oxygen atoms in total. The number of carbonyl (C=O) groups excluding carboxylic acids is 1. The van der Waals surface area contributed by atoms with Crippen molar-refractivity contribution in [3.8, 4) is 0 Å². The molecule has 1 saturated heterocycles. The summed E-state index contributed by atoms with van der Waals surface area (Å²) in [7, 11) is 1.80. The van der Waals surface area contributed by atoms with E-state index in [1.54, 1.807) is 30.4 Å². The fourth-order valence-electron chi connectivity index (χ4n) is 2.76. The van der Waals surface area contributed by atoms with Crippen LogP contribution in [-0.2, 0) is 11.2 Å². The molecule has 2 aromatic rings. The molecule has 3 rings (SSSR count). The molecule has 7 heteroatoms. The highest BCUT2D eigenvalue weighted by molar-refractivity contribution is 5.92. The van der Waals surface area contributed by atoms with Crippen molar-refractivity contribution < 1.29 is 9.53 Å². The van der Waals surface area contributed by atoms with Gasteiger partial charge in [0.15, 0.2) is 0 Å². The van der Waals surface area contributed by atoms with Crippen LogP contribution in [0.1, 0.15) is 21.9 Å². The number of carbonyl (C=O) groups is 1. The van der Waals surface area contributed by atoms with Gasteiger partial charge in [0, 0.05) is 45.1 Å². The minimum absolute atomic E-state index is 0.0888. The smallest absolute Gasteiger partial charge is 0.272 e. The Balaban J connectivity index is 1.69. The Morgan fingerprint density at radius 2 is 1.96 bits per heavy atom. The highest BCUT2D eigenvalue weighted by Crippen LogP contribution is 2.15. The molecule has 0 aliphatic carbocycles. The lowest BCUT2D eigenvalue weighted by Gasteiger charge is -2.28. The average molecular weight is 341 g/mol. The van der Waals surface area contributed by atoms with Crippen molar-refractivity contribution in [2.75, 3.05) is 44.8 Å². The monoisotopic (exact) mass is 341 g/mol. The second-order valence-corrected chi connectivity index (χ2v) is 6.09. The summed E-state index contributed by atoms with van der Waals surface area (Å²) in [5.41, 5.74) is 1.59. The number of hydrogen-bond donors (Lipinski definition) is 0. The minimum atomic E-state index is -0.0888. The SMILES string of the molecule is Cc1nc(C(=O)N(C)CCc2ccncc2)cc(N2CCOCC2)n1. The predicted octanol–water partition coefficient (Wildman–Crippen LogP) is 1.33. The van der Waals surface area contributed by atoms with Crippen LogP contribution in [0.3, 0.4) is 0 Å². The molecule has 0 atom stereocenters. The number of hydrogen-bond acceptors (Lipinski definition) is 6. The number of aryl methyl sites for hydroxylation is 1. The van der Waals surface area contributed by atoms with Crippen LogP contribution in [0.4, 0.5) is 5.82 Å². The Hall–Kier alpha value is -2.54. The van der Waals surface area contributed by atoms with Crippen LogP contribution in [-0.4, -0.2) is 65.7 Å². The molecule has 0 spiro atoms. The highest BCUT2D eigenvalue weighted by Gasteiger charge is 2.19. The van der Waals surface area contributed by atoms with E-state index in [-0.39, 0.29) is 5.91 Å². The summed E-state index contributed by atoms with van der Waals surface area (Å²) in [5.74, 6) is 1.31. The number of amides is 1. The van der Waals surface area contributed by atoms with E-state index >= 15 is 0 Å². The van der Waals surface area contributed by atoms with Crippen molar-refractivity contribution in [3.05, 3.63) is 47.7 Å². The molecule has 3 heterocycles. The van der Waals surface area contributed by atoms with Crippen LogP contribution >= 0.6 is 0 Å². The Morgan fingerprint density at radius 3 is 2.68 bits per heavy atom. The third kappa shape index (κ3) is 4.51. The first-order valence-electron chi connectivity index (χ1n) is 8.46. The normalized spacial score (nSPS) is 14.4. The van der Waals surface area contributed by atoms with E-state index in [1.807, 2.05) is 19.1 Å². The Kier molecular flexibility index (Phi) is 5.55. The van der Waals surface area contributed by atoms with Crippen molar-refractivity contribution in [2.45, 2.75) is 13.3 Å². The van der Waals surface area contributed by atoms with Crippen LogP contribution in [0.15, 0.2) is 30.6 Å². The van der Waals surface area contributed by atoms with Gasteiger partial charge in [0.05, 0.1) is 13.2 Å². The maximum atomic E-state index is 12.7. The molecule has 0 radical (unpaired) electrons. The van der Waals surface area contributed by atoms with Crippen molar-refractivity contribution in [1.82, 2.24) is 19.9 Å². The third-order valence-corrected chi connectivity index (χ3v) is 4.21. The zero-order valence-corrected chi connectivity index (χ0v) is 14.7. The van der Waals surface area contributed by atoms with Gasteiger partial charge in [-0.25, -0.2) is 9.97 Å². The van der Waals surface area contributed by atoms with Crippen molar-refractivity contribution in [3.63, 3.8) is 0 Å². The molecule has 0 bridgehead atoms. The predicted molar refractivity (Wildman–Crippen MR) is 94.7 cm³/mol. The quantitative estimate of drug-likeness (QED) is 0.817. The standard InChI is InChI=1S/C18H23N5O2/c1-14-20-16(13-17(21-14)23-9-11-25-12-10-23)18(24)22(2)8-5-15-3-6-19-7-4-15/h3-4,6-7,13H,5,8-12H2,1-2H3. The Labute approximate surface area is 147 Å². The second-order valence-electron chi connectivity index (χ2n) is 6.09. The molecule has 1 fully saturated rings. The zero-order chi connectivity index (χ0) is 17.6. The first-order valence-corrected chi connectivity index (χ1v) is 8.46. The first-order chi connectivity index (χ1) is 12.1. The molecule has 1 aliphatic heterocycles. The van der Waals surface area contributed by atoms with Gasteiger partial charge in [-0.3, -0.25) is 9.78 Å². The van der Waals surface area contributed by atoms with E-state index < -0.39 is 0 Å². The van der Waals surface area contributed by atoms with E-state index in [4.69, 9.17) is 4.74 Å². The maximum Gasteiger partial charge on any atom is 0.272 e. The minimum Gasteiger partial charge on any atom is -0.378 e. The van der Waals surface area contributed by atoms with Gasteiger partial charge in [-0.1, -0.05) is 0 Å². The molecule has 2 aromatic heterocycles. The number of likely N-dealkylation sites (N-methyl/N-ethyl adjacent to an activating group) is 1. The average Bonchev–Trinajstić information content (AvgIpc) is 2.66. The van der Waals surface area contributed by atoms with Gasteiger partial charge in [-0.15, -0.1) is 0 Å². The number of pyridine rings is 1. The lowest BCUT2D eigenvalue weighted by Crippen LogP contribution is -2.37. The summed E-state index contributed by atoms with van der Waals surface area (Å²) in [6.07, 6.45) is 4.31. The molecule has 0 saturated carbocycles. The van der Waals surface area contributed by atoms with E-state index in [9.17, 15) is 4.79 Å². The number of aromatic nitrogens is 3. The van der Waals surface area contributed by atoms with Crippen LogP contribution in [0.5, 0.6) is 0 Å². The molecule has 0 unspecified atom stereocenters. The third-order valence-electron chi connectivity index (χ3n) is 4.21. The zero-order valence-electron chi connectivity index (χ0n) is 14.7. The lowest BCUT2D eigenvalue weighted by atomic mass is 10.2. The van der Waals surface area contributed by atoms with Gasteiger partial charge in [0.25, 0.3) is 5.91 Å². The number of rotatable bonds is 5. The number of nitrogens with zero attached hydrogens (tertiary/aromatic N) is 5. The number of morpholine rings is 1. The molecule has 25 heavy (non-hydrogen) atoms. The first kappa shape index (κ1) is 17.3. The topological polar surface area (TPSA) is 71.5 Å². The highest BCUT2D eigenvalue weighted by atomic mass is 16.5. The summed E-state index contributed by atoms with van der Waals surface area (Å²) in [6, 6.07) is 5.71. The molecule has 132 valence electrons. The Morgan fingerprint density at radius 1 is 1.24 bits per heavy atom. The van der Waals surface area contributed by atoms with Gasteiger partial charge >= 0.3 is 0 Å². The largest absolute Gasteiger partial charge is 0.378 e. The molecule has 1 amide bonds. The van der Waals surface area contributed by atoms with Gasteiger partial charge < -0.3 is 14.5 Å². The van der Waals surface area contributed by atoms with Crippen molar-refractivity contribution in [1.29, 1.82) is 0 Å². The Bertz CT molecular complexity index is 717. The number of ether oxygens (including phenoxy) is 1. The van der Waals surface area contributed by atoms with Gasteiger partial charge in [0.1, 0.15) is 17.3 Å².